The van der Waals surface area contributed by atoms with Crippen LogP contribution in [0, 0.1) is 0 Å². The number of ether oxygens (including phenoxy) is 1. The van der Waals surface area contributed by atoms with E-state index >= 15 is 4.57 Å². The first kappa shape index (κ1) is 26.4. The van der Waals surface area contributed by atoms with Gasteiger partial charge < -0.3 is 9.30 Å². The highest BCUT2D eigenvalue weighted by Gasteiger charge is 2.52. The monoisotopic (exact) mass is 517 g/mol. The zero-order chi connectivity index (χ0) is 24.0. The smallest absolute Gasteiger partial charge is 0.157 e. The van der Waals surface area contributed by atoms with Crippen molar-refractivity contribution in [2.75, 3.05) is 32.8 Å². The van der Waals surface area contributed by atoms with Gasteiger partial charge in [0.1, 0.15) is 0 Å². The van der Waals surface area contributed by atoms with Gasteiger partial charge in [-0.05, 0) is 24.1 Å². The molecule has 0 aliphatic carbocycles. The lowest BCUT2D eigenvalue weighted by Crippen LogP contribution is -2.43. The summed E-state index contributed by atoms with van der Waals surface area (Å²) in [5.74, 6) is 0. The third-order valence-corrected chi connectivity index (χ3v) is 11.0. The van der Waals surface area contributed by atoms with Crippen LogP contribution in [0.3, 0.4) is 0 Å². The number of halogens is 1. The lowest BCUT2D eigenvalue weighted by molar-refractivity contribution is 0.0364. The first-order chi connectivity index (χ1) is 17.2. The molecular formula is C31H33ClNO2P. The van der Waals surface area contributed by atoms with Crippen molar-refractivity contribution in [2.24, 2.45) is 0 Å². The molecule has 0 saturated carbocycles. The zero-order valence-electron chi connectivity index (χ0n) is 20.4. The molecule has 1 aliphatic heterocycles. The fraction of sp³-hybridized carbons (Fsp3) is 0.226. The average Bonchev–Trinajstić information content (AvgIpc) is 2.96. The molecule has 1 aliphatic rings. The van der Waals surface area contributed by atoms with Gasteiger partial charge in [0.15, 0.2) is 7.14 Å². The van der Waals surface area contributed by atoms with E-state index in [0.29, 0.717) is 0 Å². The van der Waals surface area contributed by atoms with Gasteiger partial charge in [-0.15, -0.1) is 12.4 Å². The second-order valence-corrected chi connectivity index (χ2v) is 12.1. The van der Waals surface area contributed by atoms with Gasteiger partial charge >= 0.3 is 0 Å². The molecule has 3 nitrogen and oxygen atoms in total. The van der Waals surface area contributed by atoms with Crippen molar-refractivity contribution in [3.63, 3.8) is 0 Å². The summed E-state index contributed by atoms with van der Waals surface area (Å²) in [6.07, 6.45) is 0.738. The lowest BCUT2D eigenvalue weighted by atomic mass is 9.87. The maximum Gasteiger partial charge on any atom is 0.157 e. The van der Waals surface area contributed by atoms with E-state index in [0.717, 1.165) is 61.0 Å². The second-order valence-electron chi connectivity index (χ2n) is 9.08. The van der Waals surface area contributed by atoms with E-state index in [9.17, 15) is 0 Å². The topological polar surface area (TPSA) is 29.5 Å². The van der Waals surface area contributed by atoms with E-state index < -0.39 is 12.3 Å². The Balaban J connectivity index is 0.00000304. The maximum absolute atomic E-state index is 16.1. The van der Waals surface area contributed by atoms with Gasteiger partial charge in [0, 0.05) is 23.7 Å². The quantitative estimate of drug-likeness (QED) is 0.265. The highest BCUT2D eigenvalue weighted by molar-refractivity contribution is 7.80. The molecule has 5 rings (SSSR count). The van der Waals surface area contributed by atoms with Crippen molar-refractivity contribution < 1.29 is 9.30 Å². The molecule has 0 amide bonds. The number of benzene rings is 4. The molecule has 0 spiro atoms. The van der Waals surface area contributed by atoms with Crippen molar-refractivity contribution in [1.82, 2.24) is 4.90 Å². The van der Waals surface area contributed by atoms with Crippen molar-refractivity contribution >= 4 is 30.2 Å². The standard InChI is InChI=1S/C31H32NO2P.ClH/c33-35(29-17-9-3-10-18-29,30-19-11-4-12-20-30)31(27-13-5-1-6-14-27,28-15-7-2-8-16-28)21-22-32-23-25-34-26-24-32;/h1-20H,21-26H2;1H. The van der Waals surface area contributed by atoms with Crippen molar-refractivity contribution in [3.8, 4) is 0 Å². The molecule has 186 valence electrons. The van der Waals surface area contributed by atoms with Crippen LogP contribution in [0.25, 0.3) is 0 Å². The third-order valence-electron chi connectivity index (χ3n) is 7.17. The van der Waals surface area contributed by atoms with E-state index in [1.807, 2.05) is 72.8 Å². The van der Waals surface area contributed by atoms with Crippen molar-refractivity contribution in [1.29, 1.82) is 0 Å². The number of hydrogen-bond acceptors (Lipinski definition) is 3. The summed E-state index contributed by atoms with van der Waals surface area (Å²) in [5, 5.41) is 1.05. The number of morpholine rings is 1. The highest BCUT2D eigenvalue weighted by Crippen LogP contribution is 2.66. The Bertz CT molecular complexity index is 1160. The van der Waals surface area contributed by atoms with Gasteiger partial charge in [-0.3, -0.25) is 4.90 Å². The van der Waals surface area contributed by atoms with Crippen molar-refractivity contribution in [2.45, 2.75) is 11.6 Å². The predicted molar refractivity (Wildman–Crippen MR) is 153 cm³/mol. The summed E-state index contributed by atoms with van der Waals surface area (Å²) in [5.41, 5.74) is 2.19. The van der Waals surface area contributed by atoms with Gasteiger partial charge in [0.05, 0.1) is 18.4 Å². The summed E-state index contributed by atoms with van der Waals surface area (Å²) >= 11 is 0. The first-order valence-electron chi connectivity index (χ1n) is 12.4. The van der Waals surface area contributed by atoms with Crippen LogP contribution < -0.4 is 10.6 Å². The number of rotatable bonds is 8. The van der Waals surface area contributed by atoms with Gasteiger partial charge in [-0.2, -0.15) is 0 Å². The second kappa shape index (κ2) is 12.0. The van der Waals surface area contributed by atoms with Crippen LogP contribution in [-0.4, -0.2) is 37.7 Å². The van der Waals surface area contributed by atoms with Gasteiger partial charge in [-0.25, -0.2) is 0 Å². The summed E-state index contributed by atoms with van der Waals surface area (Å²) in [6, 6.07) is 41.2. The van der Waals surface area contributed by atoms with E-state index in [4.69, 9.17) is 4.74 Å². The van der Waals surface area contributed by atoms with E-state index in [1.165, 1.54) is 0 Å². The summed E-state index contributed by atoms with van der Waals surface area (Å²) in [7, 11) is -3.23. The molecule has 36 heavy (non-hydrogen) atoms. The fourth-order valence-corrected chi connectivity index (χ4v) is 9.22. The molecule has 5 heteroatoms. The minimum atomic E-state index is -3.23. The fourth-order valence-electron chi connectivity index (χ4n) is 5.41. The van der Waals surface area contributed by atoms with Gasteiger partial charge in [-0.1, -0.05) is 121 Å². The molecule has 1 fully saturated rings. The SMILES string of the molecule is Cl.O=P(c1ccccc1)(c1ccccc1)C(CCN1CCOCC1)(c1ccccc1)c1ccccc1. The third kappa shape index (κ3) is 4.94. The molecular weight excluding hydrogens is 485 g/mol. The predicted octanol–water partition coefficient (Wildman–Crippen LogP) is 6.09. The molecule has 0 bridgehead atoms. The largest absolute Gasteiger partial charge is 0.379 e. The lowest BCUT2D eigenvalue weighted by Gasteiger charge is -2.44. The van der Waals surface area contributed by atoms with Crippen LogP contribution in [0.2, 0.25) is 0 Å². The van der Waals surface area contributed by atoms with E-state index in [1.54, 1.807) is 0 Å². The molecule has 1 saturated heterocycles. The average molecular weight is 518 g/mol. The normalized spacial score (nSPS) is 14.7. The molecule has 0 atom stereocenters. The Hall–Kier alpha value is -2.68. The Morgan fingerprint density at radius 1 is 0.639 bits per heavy atom. The first-order valence-corrected chi connectivity index (χ1v) is 14.1. The van der Waals surface area contributed by atoms with Crippen molar-refractivity contribution in [3.05, 3.63) is 132 Å². The van der Waals surface area contributed by atoms with Crippen LogP contribution in [0.15, 0.2) is 121 Å². The van der Waals surface area contributed by atoms with Crippen LogP contribution in [0.5, 0.6) is 0 Å². The Kier molecular flexibility index (Phi) is 8.82. The van der Waals surface area contributed by atoms with E-state index in [2.05, 4.69) is 53.4 Å². The molecule has 4 aromatic rings. The molecule has 0 aromatic heterocycles. The summed E-state index contributed by atoms with van der Waals surface area (Å²) in [6.45, 7) is 4.15. The minimum absolute atomic E-state index is 0. The molecule has 4 aromatic carbocycles. The minimum Gasteiger partial charge on any atom is -0.379 e. The Labute approximate surface area is 220 Å². The van der Waals surface area contributed by atoms with Gasteiger partial charge in [0.25, 0.3) is 0 Å². The zero-order valence-corrected chi connectivity index (χ0v) is 22.1. The van der Waals surface area contributed by atoms with Crippen LogP contribution >= 0.6 is 19.5 Å². The summed E-state index contributed by atoms with van der Waals surface area (Å²) < 4.78 is 21.7. The number of hydrogen-bond donors (Lipinski definition) is 0. The molecule has 0 unspecified atom stereocenters. The summed E-state index contributed by atoms with van der Waals surface area (Å²) in [4.78, 5) is 2.45. The van der Waals surface area contributed by atoms with Crippen LogP contribution in [0.1, 0.15) is 17.5 Å². The van der Waals surface area contributed by atoms with Gasteiger partial charge in [0.2, 0.25) is 0 Å². The molecule has 0 radical (unpaired) electrons. The molecule has 1 heterocycles. The Morgan fingerprint density at radius 3 is 1.44 bits per heavy atom. The van der Waals surface area contributed by atoms with Crippen LogP contribution in [0.4, 0.5) is 0 Å². The van der Waals surface area contributed by atoms with Crippen LogP contribution in [-0.2, 0) is 14.5 Å². The number of nitrogens with zero attached hydrogens (tertiary/aromatic N) is 1. The molecule has 0 N–H and O–H groups in total. The Morgan fingerprint density at radius 2 is 1.03 bits per heavy atom. The highest BCUT2D eigenvalue weighted by atomic mass is 35.5. The van der Waals surface area contributed by atoms with E-state index in [-0.39, 0.29) is 12.4 Å². The maximum atomic E-state index is 16.1.